The van der Waals surface area contributed by atoms with Crippen LogP contribution >= 0.6 is 0 Å². The molecule has 0 aromatic heterocycles. The lowest BCUT2D eigenvalue weighted by Crippen LogP contribution is -2.37. The van der Waals surface area contributed by atoms with Crippen molar-refractivity contribution in [2.24, 2.45) is 0 Å². The van der Waals surface area contributed by atoms with E-state index in [2.05, 4.69) is 5.32 Å². The van der Waals surface area contributed by atoms with E-state index < -0.39 is 24.3 Å². The van der Waals surface area contributed by atoms with Gasteiger partial charge in [0.15, 0.2) is 6.10 Å². The molecule has 6 nitrogen and oxygen atoms in total. The fraction of sp³-hybridized carbons (Fsp3) is 0.625. The first-order valence-corrected chi connectivity index (χ1v) is 4.13. The molecule has 0 saturated carbocycles. The SMILES string of the molecule is CC(=O)OC1CC(=O)NC1OC(C)=O. The van der Waals surface area contributed by atoms with Crippen LogP contribution in [0.5, 0.6) is 0 Å². The third-order valence-corrected chi connectivity index (χ3v) is 1.64. The van der Waals surface area contributed by atoms with Gasteiger partial charge in [-0.1, -0.05) is 0 Å². The normalized spacial score (nSPS) is 25.4. The first kappa shape index (κ1) is 10.5. The maximum atomic E-state index is 10.9. The minimum Gasteiger partial charge on any atom is -0.456 e. The summed E-state index contributed by atoms with van der Waals surface area (Å²) in [5, 5.41) is 2.38. The van der Waals surface area contributed by atoms with E-state index in [0.29, 0.717) is 0 Å². The Morgan fingerprint density at radius 1 is 1.29 bits per heavy atom. The van der Waals surface area contributed by atoms with Gasteiger partial charge in [0.2, 0.25) is 12.1 Å². The Kier molecular flexibility index (Phi) is 3.06. The molecular weight excluding hydrogens is 190 g/mol. The van der Waals surface area contributed by atoms with Gasteiger partial charge in [-0.05, 0) is 0 Å². The second-order valence-electron chi connectivity index (χ2n) is 2.95. The summed E-state index contributed by atoms with van der Waals surface area (Å²) in [5.74, 6) is -1.35. The molecule has 1 N–H and O–H groups in total. The summed E-state index contributed by atoms with van der Waals surface area (Å²) in [4.78, 5) is 32.2. The van der Waals surface area contributed by atoms with Crippen LogP contribution in [-0.4, -0.2) is 30.2 Å². The third kappa shape index (κ3) is 2.72. The van der Waals surface area contributed by atoms with Crippen LogP contribution in [0, 0.1) is 0 Å². The van der Waals surface area contributed by atoms with E-state index in [9.17, 15) is 14.4 Å². The van der Waals surface area contributed by atoms with Crippen LogP contribution < -0.4 is 5.32 Å². The van der Waals surface area contributed by atoms with E-state index in [0.717, 1.165) is 0 Å². The third-order valence-electron chi connectivity index (χ3n) is 1.64. The molecule has 0 bridgehead atoms. The number of carbonyl (C=O) groups excluding carboxylic acids is 3. The first-order chi connectivity index (χ1) is 6.49. The van der Waals surface area contributed by atoms with E-state index in [4.69, 9.17) is 9.47 Å². The number of carbonyl (C=O) groups is 3. The zero-order chi connectivity index (χ0) is 10.7. The largest absolute Gasteiger partial charge is 0.456 e. The molecule has 0 spiro atoms. The van der Waals surface area contributed by atoms with Gasteiger partial charge in [-0.25, -0.2) is 0 Å². The molecule has 2 atom stereocenters. The van der Waals surface area contributed by atoms with Crippen molar-refractivity contribution in [3.05, 3.63) is 0 Å². The van der Waals surface area contributed by atoms with Crippen molar-refractivity contribution in [1.29, 1.82) is 0 Å². The molecule has 1 aliphatic heterocycles. The number of hydrogen-bond acceptors (Lipinski definition) is 5. The highest BCUT2D eigenvalue weighted by Crippen LogP contribution is 2.14. The lowest BCUT2D eigenvalue weighted by Gasteiger charge is -2.17. The van der Waals surface area contributed by atoms with Gasteiger partial charge in [-0.2, -0.15) is 0 Å². The van der Waals surface area contributed by atoms with E-state index in [1.807, 2.05) is 0 Å². The molecule has 1 rings (SSSR count). The van der Waals surface area contributed by atoms with Crippen LogP contribution in [0.4, 0.5) is 0 Å². The number of hydrogen-bond donors (Lipinski definition) is 1. The Morgan fingerprint density at radius 2 is 1.86 bits per heavy atom. The highest BCUT2D eigenvalue weighted by Gasteiger charge is 2.37. The number of amides is 1. The predicted octanol–water partition coefficient (Wildman–Crippen LogP) is -0.673. The molecule has 0 radical (unpaired) electrons. The topological polar surface area (TPSA) is 81.7 Å². The van der Waals surface area contributed by atoms with Crippen LogP contribution in [0.2, 0.25) is 0 Å². The van der Waals surface area contributed by atoms with Gasteiger partial charge >= 0.3 is 11.9 Å². The summed E-state index contributed by atoms with van der Waals surface area (Å²) in [5.41, 5.74) is 0. The standard InChI is InChI=1S/C8H11NO5/c1-4(10)13-6-3-7(12)9-8(6)14-5(2)11/h6,8H,3H2,1-2H3,(H,9,12). The van der Waals surface area contributed by atoms with Crippen molar-refractivity contribution in [2.45, 2.75) is 32.6 Å². The van der Waals surface area contributed by atoms with Gasteiger partial charge in [-0.3, -0.25) is 14.4 Å². The van der Waals surface area contributed by atoms with E-state index in [1.54, 1.807) is 0 Å². The minimum atomic E-state index is -0.858. The van der Waals surface area contributed by atoms with Gasteiger partial charge < -0.3 is 14.8 Å². The maximum Gasteiger partial charge on any atom is 0.304 e. The highest BCUT2D eigenvalue weighted by atomic mass is 16.6. The zero-order valence-corrected chi connectivity index (χ0v) is 7.90. The minimum absolute atomic E-state index is 0.0253. The molecule has 1 aliphatic rings. The zero-order valence-electron chi connectivity index (χ0n) is 7.90. The summed E-state index contributed by atoms with van der Waals surface area (Å²) in [6, 6.07) is 0. The smallest absolute Gasteiger partial charge is 0.304 e. The molecule has 14 heavy (non-hydrogen) atoms. The van der Waals surface area contributed by atoms with Crippen LogP contribution in [0.15, 0.2) is 0 Å². The average Bonchev–Trinajstić information content (AvgIpc) is 2.28. The molecule has 1 amide bonds. The fourth-order valence-corrected chi connectivity index (χ4v) is 1.20. The Morgan fingerprint density at radius 3 is 2.36 bits per heavy atom. The second kappa shape index (κ2) is 4.08. The number of rotatable bonds is 2. The number of ether oxygens (including phenoxy) is 2. The quantitative estimate of drug-likeness (QED) is 0.599. The molecule has 6 heteroatoms. The van der Waals surface area contributed by atoms with Gasteiger partial charge in [0.25, 0.3) is 0 Å². The van der Waals surface area contributed by atoms with E-state index in [1.165, 1.54) is 13.8 Å². The van der Waals surface area contributed by atoms with Crippen molar-refractivity contribution < 1.29 is 23.9 Å². The Hall–Kier alpha value is -1.59. The summed E-state index contributed by atoms with van der Waals surface area (Å²) >= 11 is 0. The Labute approximate surface area is 80.5 Å². The first-order valence-electron chi connectivity index (χ1n) is 4.13. The molecule has 0 aromatic carbocycles. The van der Waals surface area contributed by atoms with E-state index >= 15 is 0 Å². The summed E-state index contributed by atoms with van der Waals surface area (Å²) in [7, 11) is 0. The van der Waals surface area contributed by atoms with Crippen LogP contribution in [0.25, 0.3) is 0 Å². The molecule has 1 fully saturated rings. The summed E-state index contributed by atoms with van der Waals surface area (Å²) in [6.07, 6.45) is -1.55. The molecule has 0 aliphatic carbocycles. The average molecular weight is 201 g/mol. The van der Waals surface area contributed by atoms with Crippen molar-refractivity contribution >= 4 is 17.8 Å². The van der Waals surface area contributed by atoms with Crippen LogP contribution in [0.3, 0.4) is 0 Å². The summed E-state index contributed by atoms with van der Waals surface area (Å²) < 4.78 is 9.54. The van der Waals surface area contributed by atoms with E-state index in [-0.39, 0.29) is 12.3 Å². The molecule has 1 saturated heterocycles. The highest BCUT2D eigenvalue weighted by molar-refractivity contribution is 5.80. The molecule has 78 valence electrons. The second-order valence-corrected chi connectivity index (χ2v) is 2.95. The molecular formula is C8H11NO5. The van der Waals surface area contributed by atoms with Crippen molar-refractivity contribution in [1.82, 2.24) is 5.32 Å². The van der Waals surface area contributed by atoms with Crippen LogP contribution in [-0.2, 0) is 23.9 Å². The predicted molar refractivity (Wildman–Crippen MR) is 43.9 cm³/mol. The van der Waals surface area contributed by atoms with Crippen molar-refractivity contribution in [3.63, 3.8) is 0 Å². The number of nitrogens with one attached hydrogen (secondary N) is 1. The Bertz CT molecular complexity index is 249. The Balaban J connectivity index is 2.57. The lowest BCUT2D eigenvalue weighted by atomic mass is 10.3. The monoisotopic (exact) mass is 201 g/mol. The van der Waals surface area contributed by atoms with Crippen molar-refractivity contribution in [2.75, 3.05) is 0 Å². The van der Waals surface area contributed by atoms with Gasteiger partial charge in [0.1, 0.15) is 0 Å². The fourth-order valence-electron chi connectivity index (χ4n) is 1.20. The molecule has 0 aromatic rings. The lowest BCUT2D eigenvalue weighted by molar-refractivity contribution is -0.163. The number of esters is 2. The van der Waals surface area contributed by atoms with Gasteiger partial charge in [0, 0.05) is 13.8 Å². The van der Waals surface area contributed by atoms with Crippen molar-refractivity contribution in [3.8, 4) is 0 Å². The maximum absolute atomic E-state index is 10.9. The molecule has 1 heterocycles. The van der Waals surface area contributed by atoms with Gasteiger partial charge in [0.05, 0.1) is 6.42 Å². The summed E-state index contributed by atoms with van der Waals surface area (Å²) in [6.45, 7) is 2.45. The van der Waals surface area contributed by atoms with Gasteiger partial charge in [-0.15, -0.1) is 0 Å². The molecule has 2 unspecified atom stereocenters. The van der Waals surface area contributed by atoms with Crippen LogP contribution in [0.1, 0.15) is 20.3 Å².